The summed E-state index contributed by atoms with van der Waals surface area (Å²) in [5.74, 6) is 1.00. The van der Waals surface area contributed by atoms with Gasteiger partial charge in [0.25, 0.3) is 0 Å². The van der Waals surface area contributed by atoms with Gasteiger partial charge in [-0.3, -0.25) is 0 Å². The van der Waals surface area contributed by atoms with Crippen molar-refractivity contribution in [1.82, 2.24) is 0 Å². The Morgan fingerprint density at radius 2 is 1.76 bits per heavy atom. The summed E-state index contributed by atoms with van der Waals surface area (Å²) in [6, 6.07) is 5.10. The second kappa shape index (κ2) is 6.95. The Kier molecular flexibility index (Phi) is 5.47. The lowest BCUT2D eigenvalue weighted by Crippen LogP contribution is -2.30. The molecular formula is C16H21F3OS. The Morgan fingerprint density at radius 3 is 2.33 bits per heavy atom. The molecule has 0 radical (unpaired) electrons. The number of hydrogen-bond acceptors (Lipinski definition) is 2. The van der Waals surface area contributed by atoms with Crippen LogP contribution >= 0.6 is 12.6 Å². The van der Waals surface area contributed by atoms with Crippen molar-refractivity contribution in [2.75, 3.05) is 12.4 Å². The lowest BCUT2D eigenvalue weighted by Gasteiger charge is -2.31. The van der Waals surface area contributed by atoms with Crippen molar-refractivity contribution in [2.45, 2.75) is 44.7 Å². The van der Waals surface area contributed by atoms with Crippen molar-refractivity contribution in [3.05, 3.63) is 29.8 Å². The van der Waals surface area contributed by atoms with Crippen molar-refractivity contribution in [2.24, 2.45) is 5.41 Å². The Bertz CT molecular complexity index is 451. The third kappa shape index (κ3) is 4.56. The lowest BCUT2D eigenvalue weighted by molar-refractivity contribution is -0.137. The number of alkyl halides is 3. The van der Waals surface area contributed by atoms with E-state index in [1.54, 1.807) is 6.07 Å². The summed E-state index contributed by atoms with van der Waals surface area (Å²) in [5, 5.41) is 0. The van der Waals surface area contributed by atoms with E-state index >= 15 is 0 Å². The molecule has 0 heterocycles. The van der Waals surface area contributed by atoms with Crippen LogP contribution in [0, 0.1) is 5.41 Å². The summed E-state index contributed by atoms with van der Waals surface area (Å²) in [4.78, 5) is 0. The minimum Gasteiger partial charge on any atom is -0.493 e. The summed E-state index contributed by atoms with van der Waals surface area (Å²) in [6.07, 6.45) is 2.48. The van der Waals surface area contributed by atoms with Crippen LogP contribution in [0.1, 0.15) is 44.1 Å². The molecule has 0 aliphatic heterocycles. The molecule has 0 saturated heterocycles. The van der Waals surface area contributed by atoms with Gasteiger partial charge in [0.05, 0.1) is 12.2 Å². The molecule has 1 saturated carbocycles. The second-order valence-corrected chi connectivity index (χ2v) is 6.20. The normalized spacial score (nSPS) is 19.0. The predicted octanol–water partition coefficient (Wildman–Crippen LogP) is 5.35. The highest BCUT2D eigenvalue weighted by Crippen LogP contribution is 2.37. The van der Waals surface area contributed by atoms with Gasteiger partial charge in [-0.25, -0.2) is 0 Å². The molecule has 1 aliphatic carbocycles. The van der Waals surface area contributed by atoms with E-state index < -0.39 is 11.7 Å². The van der Waals surface area contributed by atoms with Crippen LogP contribution in [0.25, 0.3) is 0 Å². The third-order valence-corrected chi connectivity index (χ3v) is 4.88. The van der Waals surface area contributed by atoms with Gasteiger partial charge in [-0.2, -0.15) is 25.8 Å². The fourth-order valence-corrected chi connectivity index (χ4v) is 3.23. The molecule has 0 spiro atoms. The van der Waals surface area contributed by atoms with Gasteiger partial charge in [-0.05, 0) is 36.8 Å². The summed E-state index contributed by atoms with van der Waals surface area (Å²) >= 11 is 4.45. The van der Waals surface area contributed by atoms with E-state index in [1.165, 1.54) is 18.9 Å². The maximum Gasteiger partial charge on any atom is 0.416 e. The number of hydrogen-bond donors (Lipinski definition) is 1. The molecule has 1 aliphatic rings. The summed E-state index contributed by atoms with van der Waals surface area (Å²) in [6.45, 7) is 0.442. The molecule has 0 atom stereocenters. The Labute approximate surface area is 129 Å². The summed E-state index contributed by atoms with van der Waals surface area (Å²) in [7, 11) is 0. The first-order valence-electron chi connectivity index (χ1n) is 7.36. The summed E-state index contributed by atoms with van der Waals surface area (Å²) < 4.78 is 43.8. The van der Waals surface area contributed by atoms with E-state index in [0.717, 1.165) is 37.8 Å². The minimum atomic E-state index is -4.33. The fourth-order valence-electron chi connectivity index (χ4n) is 2.83. The Hall–Kier alpha value is -0.840. The standard InChI is InChI=1S/C16H21F3OS/c17-16(18,19)13-6-5-7-14(10-13)20-11-15(12-21)8-3-1-2-4-9-15/h5-7,10,21H,1-4,8-9,11-12H2. The van der Waals surface area contributed by atoms with Crippen LogP contribution in [0.15, 0.2) is 24.3 Å². The van der Waals surface area contributed by atoms with Crippen LogP contribution in [0.3, 0.4) is 0 Å². The van der Waals surface area contributed by atoms with E-state index in [2.05, 4.69) is 12.6 Å². The second-order valence-electron chi connectivity index (χ2n) is 5.89. The number of halogens is 3. The van der Waals surface area contributed by atoms with Gasteiger partial charge >= 0.3 is 6.18 Å². The molecule has 1 nitrogen and oxygen atoms in total. The fraction of sp³-hybridized carbons (Fsp3) is 0.625. The van der Waals surface area contributed by atoms with Gasteiger partial charge < -0.3 is 4.74 Å². The minimum absolute atomic E-state index is 0.00610. The molecule has 1 fully saturated rings. The smallest absolute Gasteiger partial charge is 0.416 e. The van der Waals surface area contributed by atoms with Crippen molar-refractivity contribution in [3.63, 3.8) is 0 Å². The quantitative estimate of drug-likeness (QED) is 0.581. The van der Waals surface area contributed by atoms with Crippen LogP contribution in [-0.4, -0.2) is 12.4 Å². The van der Waals surface area contributed by atoms with Crippen LogP contribution in [0.4, 0.5) is 13.2 Å². The molecule has 2 rings (SSSR count). The zero-order valence-electron chi connectivity index (χ0n) is 12.0. The van der Waals surface area contributed by atoms with Crippen LogP contribution in [-0.2, 0) is 6.18 Å². The van der Waals surface area contributed by atoms with Gasteiger partial charge in [0, 0.05) is 5.41 Å². The maximum atomic E-state index is 12.7. The van der Waals surface area contributed by atoms with E-state index in [0.29, 0.717) is 12.4 Å². The molecule has 0 unspecified atom stereocenters. The van der Waals surface area contributed by atoms with Crippen molar-refractivity contribution >= 4 is 12.6 Å². The number of benzene rings is 1. The highest BCUT2D eigenvalue weighted by atomic mass is 32.1. The average molecular weight is 318 g/mol. The molecule has 0 bridgehead atoms. The molecule has 1 aromatic rings. The van der Waals surface area contributed by atoms with Crippen molar-refractivity contribution in [3.8, 4) is 5.75 Å². The Morgan fingerprint density at radius 1 is 1.10 bits per heavy atom. The maximum absolute atomic E-state index is 12.7. The predicted molar refractivity (Wildman–Crippen MR) is 80.9 cm³/mol. The number of rotatable bonds is 4. The first kappa shape index (κ1) is 16.5. The highest BCUT2D eigenvalue weighted by Gasteiger charge is 2.32. The molecular weight excluding hydrogens is 297 g/mol. The van der Waals surface area contributed by atoms with Gasteiger partial charge in [0.1, 0.15) is 5.75 Å². The molecule has 1 aromatic carbocycles. The molecule has 0 amide bonds. The van der Waals surface area contributed by atoms with E-state index in [-0.39, 0.29) is 11.2 Å². The van der Waals surface area contributed by atoms with Crippen LogP contribution < -0.4 is 4.74 Å². The number of ether oxygens (including phenoxy) is 1. The molecule has 118 valence electrons. The molecule has 5 heteroatoms. The average Bonchev–Trinajstić information content (AvgIpc) is 2.71. The van der Waals surface area contributed by atoms with E-state index in [1.807, 2.05) is 0 Å². The third-order valence-electron chi connectivity index (χ3n) is 4.21. The monoisotopic (exact) mass is 318 g/mol. The van der Waals surface area contributed by atoms with Crippen LogP contribution in [0.5, 0.6) is 5.75 Å². The molecule has 21 heavy (non-hydrogen) atoms. The van der Waals surface area contributed by atoms with Gasteiger partial charge in [-0.1, -0.05) is 31.7 Å². The van der Waals surface area contributed by atoms with Crippen LogP contribution in [0.2, 0.25) is 0 Å². The topological polar surface area (TPSA) is 9.23 Å². The largest absolute Gasteiger partial charge is 0.493 e. The zero-order chi connectivity index (χ0) is 15.3. The SMILES string of the molecule is FC(F)(F)c1cccc(OCC2(CS)CCCCCC2)c1. The first-order chi connectivity index (χ1) is 9.95. The molecule has 0 aromatic heterocycles. The van der Waals surface area contributed by atoms with E-state index in [4.69, 9.17) is 4.74 Å². The van der Waals surface area contributed by atoms with Gasteiger partial charge in [0.15, 0.2) is 0 Å². The van der Waals surface area contributed by atoms with Crippen molar-refractivity contribution < 1.29 is 17.9 Å². The first-order valence-corrected chi connectivity index (χ1v) is 7.99. The zero-order valence-corrected chi connectivity index (χ0v) is 12.9. The Balaban J connectivity index is 2.04. The summed E-state index contributed by atoms with van der Waals surface area (Å²) in [5.41, 5.74) is -0.672. The highest BCUT2D eigenvalue weighted by molar-refractivity contribution is 7.80. The number of thiol groups is 1. The van der Waals surface area contributed by atoms with Gasteiger partial charge in [0.2, 0.25) is 0 Å². The molecule has 0 N–H and O–H groups in total. The van der Waals surface area contributed by atoms with E-state index in [9.17, 15) is 13.2 Å². The lowest BCUT2D eigenvalue weighted by atomic mass is 9.83. The van der Waals surface area contributed by atoms with Gasteiger partial charge in [-0.15, -0.1) is 0 Å². The van der Waals surface area contributed by atoms with Crippen molar-refractivity contribution in [1.29, 1.82) is 0 Å².